The van der Waals surface area contributed by atoms with Crippen molar-refractivity contribution in [1.82, 2.24) is 9.97 Å². The summed E-state index contributed by atoms with van der Waals surface area (Å²) in [4.78, 5) is 23.4. The van der Waals surface area contributed by atoms with Gasteiger partial charge in [-0.25, -0.2) is 9.97 Å². The van der Waals surface area contributed by atoms with Gasteiger partial charge >= 0.3 is 0 Å². The molecule has 2 aromatic rings. The molecule has 0 radical (unpaired) electrons. The van der Waals surface area contributed by atoms with Gasteiger partial charge in [-0.2, -0.15) is 5.26 Å². The van der Waals surface area contributed by atoms with Crippen LogP contribution in [0, 0.1) is 25.2 Å². The molecule has 118 valence electrons. The monoisotopic (exact) mass is 325 g/mol. The van der Waals surface area contributed by atoms with Gasteiger partial charge in [-0.15, -0.1) is 11.3 Å². The van der Waals surface area contributed by atoms with Crippen LogP contribution in [0.5, 0.6) is 0 Å². The van der Waals surface area contributed by atoms with Crippen molar-refractivity contribution in [2.45, 2.75) is 51.9 Å². The number of Topliss-reactive ketones (excluding diaryl/α,β-unsaturated/α-hetero) is 1. The molecule has 2 heterocycles. The van der Waals surface area contributed by atoms with Crippen LogP contribution in [0.2, 0.25) is 0 Å². The van der Waals surface area contributed by atoms with Crippen molar-refractivity contribution in [2.24, 2.45) is 0 Å². The molecular weight excluding hydrogens is 306 g/mol. The Morgan fingerprint density at radius 2 is 2.00 bits per heavy atom. The smallest absolute Gasteiger partial charge is 0.195 e. The summed E-state index contributed by atoms with van der Waals surface area (Å²) in [6, 6.07) is 5.86. The zero-order valence-corrected chi connectivity index (χ0v) is 14.2. The Balaban J connectivity index is 1.93. The summed E-state index contributed by atoms with van der Waals surface area (Å²) in [5.74, 6) is -0.393. The Morgan fingerprint density at radius 1 is 1.22 bits per heavy atom. The first-order valence-electron chi connectivity index (χ1n) is 7.96. The lowest BCUT2D eigenvalue weighted by molar-refractivity contribution is 0.0981. The molecule has 0 saturated heterocycles. The summed E-state index contributed by atoms with van der Waals surface area (Å²) in [6.07, 6.45) is 5.72. The lowest BCUT2D eigenvalue weighted by atomic mass is 9.99. The molecule has 0 amide bonds. The minimum Gasteiger partial charge on any atom is -0.291 e. The van der Waals surface area contributed by atoms with Crippen molar-refractivity contribution in [3.63, 3.8) is 0 Å². The maximum absolute atomic E-state index is 12.8. The molecule has 23 heavy (non-hydrogen) atoms. The van der Waals surface area contributed by atoms with Gasteiger partial charge in [-0.3, -0.25) is 4.79 Å². The van der Waals surface area contributed by atoms with Crippen molar-refractivity contribution in [1.29, 1.82) is 5.26 Å². The zero-order chi connectivity index (χ0) is 16.4. The van der Waals surface area contributed by atoms with Crippen LogP contribution in [-0.2, 0) is 12.8 Å². The second kappa shape index (κ2) is 6.59. The average Bonchev–Trinajstić information content (AvgIpc) is 2.78. The third-order valence-electron chi connectivity index (χ3n) is 4.16. The van der Waals surface area contributed by atoms with E-state index >= 15 is 0 Å². The third-order valence-corrected chi connectivity index (χ3v) is 5.41. The van der Waals surface area contributed by atoms with Gasteiger partial charge in [0.1, 0.15) is 5.82 Å². The number of fused-ring (bicyclic) bond motifs is 1. The van der Waals surface area contributed by atoms with Gasteiger partial charge in [-0.05, 0) is 57.2 Å². The molecule has 0 aliphatic heterocycles. The fourth-order valence-corrected chi connectivity index (χ4v) is 4.31. The Morgan fingerprint density at radius 3 is 2.74 bits per heavy atom. The Bertz CT molecular complexity index is 744. The lowest BCUT2D eigenvalue weighted by Crippen LogP contribution is -2.13. The maximum atomic E-state index is 12.8. The summed E-state index contributed by atoms with van der Waals surface area (Å²) >= 11 is 1.56. The van der Waals surface area contributed by atoms with Crippen molar-refractivity contribution in [2.75, 3.05) is 0 Å². The van der Waals surface area contributed by atoms with Gasteiger partial charge in [0.05, 0.1) is 16.6 Å². The largest absolute Gasteiger partial charge is 0.291 e. The van der Waals surface area contributed by atoms with E-state index in [2.05, 4.69) is 16.0 Å². The fourth-order valence-electron chi connectivity index (χ4n) is 3.08. The first-order valence-corrected chi connectivity index (χ1v) is 8.77. The highest BCUT2D eigenvalue weighted by Gasteiger charge is 2.26. The van der Waals surface area contributed by atoms with Crippen LogP contribution in [0.25, 0.3) is 0 Å². The van der Waals surface area contributed by atoms with E-state index in [0.717, 1.165) is 18.5 Å². The molecule has 1 aliphatic carbocycles. The standard InChI is InChI=1S/C18H19N3OS/c1-11-8-15(21-12(2)20-11)14(10-19)18(22)17-9-13-6-4-3-5-7-16(13)23-17/h8-9,14H,3-7H2,1-2H3/t14-/m0/s1. The van der Waals surface area contributed by atoms with Crippen LogP contribution >= 0.6 is 11.3 Å². The van der Waals surface area contributed by atoms with Crippen LogP contribution in [0.15, 0.2) is 12.1 Å². The number of nitrogens with zero attached hydrogens (tertiary/aromatic N) is 3. The van der Waals surface area contributed by atoms with Crippen molar-refractivity contribution in [3.05, 3.63) is 44.7 Å². The minimum absolute atomic E-state index is 0.136. The van der Waals surface area contributed by atoms with E-state index < -0.39 is 5.92 Å². The number of hydrogen-bond donors (Lipinski definition) is 0. The highest BCUT2D eigenvalue weighted by Crippen LogP contribution is 2.32. The van der Waals surface area contributed by atoms with E-state index in [1.54, 1.807) is 24.3 Å². The van der Waals surface area contributed by atoms with Crippen LogP contribution in [0.1, 0.15) is 62.5 Å². The topological polar surface area (TPSA) is 66.6 Å². The van der Waals surface area contributed by atoms with Gasteiger partial charge in [0, 0.05) is 10.6 Å². The average molecular weight is 325 g/mol. The number of aromatic nitrogens is 2. The van der Waals surface area contributed by atoms with E-state index in [0.29, 0.717) is 16.4 Å². The zero-order valence-electron chi connectivity index (χ0n) is 13.4. The second-order valence-corrected chi connectivity index (χ2v) is 7.16. The Labute approximate surface area is 140 Å². The van der Waals surface area contributed by atoms with Gasteiger partial charge in [-0.1, -0.05) is 6.42 Å². The molecule has 0 unspecified atom stereocenters. The van der Waals surface area contributed by atoms with Gasteiger partial charge in [0.25, 0.3) is 0 Å². The SMILES string of the molecule is Cc1cc([C@H](C#N)C(=O)c2cc3c(s2)CCCCC3)nc(C)n1. The number of hydrogen-bond acceptors (Lipinski definition) is 5. The van der Waals surface area contributed by atoms with E-state index in [1.165, 1.54) is 29.7 Å². The highest BCUT2D eigenvalue weighted by molar-refractivity contribution is 7.14. The summed E-state index contributed by atoms with van der Waals surface area (Å²) < 4.78 is 0. The summed E-state index contributed by atoms with van der Waals surface area (Å²) in [6.45, 7) is 3.63. The minimum atomic E-state index is -0.849. The summed E-state index contributed by atoms with van der Waals surface area (Å²) in [5, 5.41) is 9.51. The molecule has 1 atom stereocenters. The van der Waals surface area contributed by atoms with Crippen molar-refractivity contribution >= 4 is 17.1 Å². The highest BCUT2D eigenvalue weighted by atomic mass is 32.1. The molecule has 1 aliphatic rings. The maximum Gasteiger partial charge on any atom is 0.195 e. The van der Waals surface area contributed by atoms with E-state index in [9.17, 15) is 10.1 Å². The number of rotatable bonds is 3. The quantitative estimate of drug-likeness (QED) is 0.634. The van der Waals surface area contributed by atoms with Crippen LogP contribution in [0.3, 0.4) is 0 Å². The number of nitriles is 1. The van der Waals surface area contributed by atoms with Gasteiger partial charge in [0.2, 0.25) is 0 Å². The number of thiophene rings is 1. The van der Waals surface area contributed by atoms with E-state index in [-0.39, 0.29) is 5.78 Å². The third kappa shape index (κ3) is 3.32. The van der Waals surface area contributed by atoms with Crippen LogP contribution in [0.4, 0.5) is 0 Å². The predicted octanol–water partition coefficient (Wildman–Crippen LogP) is 3.91. The molecule has 0 saturated carbocycles. The molecule has 0 aromatic carbocycles. The molecular formula is C18H19N3OS. The normalized spacial score (nSPS) is 15.3. The summed E-state index contributed by atoms with van der Waals surface area (Å²) in [5.41, 5.74) is 2.58. The molecule has 5 heteroatoms. The number of carbonyl (C=O) groups is 1. The lowest BCUT2D eigenvalue weighted by Gasteiger charge is -2.08. The van der Waals surface area contributed by atoms with E-state index in [4.69, 9.17) is 0 Å². The van der Waals surface area contributed by atoms with Crippen LogP contribution < -0.4 is 0 Å². The number of aryl methyl sites for hydroxylation is 4. The number of ketones is 1. The molecule has 0 spiro atoms. The van der Waals surface area contributed by atoms with Crippen LogP contribution in [-0.4, -0.2) is 15.8 Å². The molecule has 0 fully saturated rings. The van der Waals surface area contributed by atoms with E-state index in [1.807, 2.05) is 13.0 Å². The molecule has 2 aromatic heterocycles. The predicted molar refractivity (Wildman–Crippen MR) is 89.8 cm³/mol. The molecule has 0 bridgehead atoms. The molecule has 3 rings (SSSR count). The Kier molecular flexibility index (Phi) is 4.53. The summed E-state index contributed by atoms with van der Waals surface area (Å²) in [7, 11) is 0. The van der Waals surface area contributed by atoms with Gasteiger partial charge in [0.15, 0.2) is 11.7 Å². The van der Waals surface area contributed by atoms with Crippen molar-refractivity contribution < 1.29 is 4.79 Å². The second-order valence-electron chi connectivity index (χ2n) is 6.03. The number of carbonyl (C=O) groups excluding carboxylic acids is 1. The first-order chi connectivity index (χ1) is 11.1. The fraction of sp³-hybridized carbons (Fsp3) is 0.444. The molecule has 0 N–H and O–H groups in total. The Hall–Kier alpha value is -2.06. The first kappa shape index (κ1) is 15.8. The molecule has 4 nitrogen and oxygen atoms in total. The van der Waals surface area contributed by atoms with Gasteiger partial charge < -0.3 is 0 Å². The van der Waals surface area contributed by atoms with Crippen molar-refractivity contribution in [3.8, 4) is 6.07 Å².